The Labute approximate surface area is 192 Å². The molecular formula is C24H27N5O4. The van der Waals surface area contributed by atoms with E-state index in [-0.39, 0.29) is 5.91 Å². The largest absolute Gasteiger partial charge is 0.495 e. The third-order valence-corrected chi connectivity index (χ3v) is 5.28. The van der Waals surface area contributed by atoms with E-state index in [9.17, 15) is 4.79 Å². The molecule has 0 aliphatic carbocycles. The molecule has 1 amide bonds. The molecule has 0 spiro atoms. The van der Waals surface area contributed by atoms with Gasteiger partial charge in [-0.15, -0.1) is 0 Å². The fourth-order valence-electron chi connectivity index (χ4n) is 3.87. The van der Waals surface area contributed by atoms with Crippen molar-refractivity contribution in [1.29, 1.82) is 0 Å². The standard InChI is InChI=1S/C24H27N5O4/c1-5-32-19-12-11-16(13-20(19)33-6-2)22-21(15(3)27-24-25-14-26-29(22)24)23(30)28-17-9-7-8-10-18(17)31-4/h7-14,22H,5-6H2,1-4H3,(H,28,30)(H,25,26,27). The summed E-state index contributed by atoms with van der Waals surface area (Å²) in [4.78, 5) is 17.9. The van der Waals surface area contributed by atoms with Gasteiger partial charge >= 0.3 is 0 Å². The van der Waals surface area contributed by atoms with Gasteiger partial charge in [0.25, 0.3) is 5.91 Å². The molecule has 4 rings (SSSR count). The van der Waals surface area contributed by atoms with Crippen molar-refractivity contribution >= 4 is 17.5 Å². The number of fused-ring (bicyclic) bond motifs is 1. The van der Waals surface area contributed by atoms with E-state index in [1.54, 1.807) is 23.9 Å². The van der Waals surface area contributed by atoms with Gasteiger partial charge in [0.1, 0.15) is 18.1 Å². The number of anilines is 2. The molecule has 2 heterocycles. The van der Waals surface area contributed by atoms with Crippen LogP contribution in [0.1, 0.15) is 32.4 Å². The lowest BCUT2D eigenvalue weighted by Crippen LogP contribution is -2.31. The van der Waals surface area contributed by atoms with E-state index in [1.807, 2.05) is 51.1 Å². The van der Waals surface area contributed by atoms with Crippen LogP contribution >= 0.6 is 0 Å². The van der Waals surface area contributed by atoms with Crippen molar-refractivity contribution in [3.63, 3.8) is 0 Å². The molecule has 1 aliphatic rings. The summed E-state index contributed by atoms with van der Waals surface area (Å²) in [6.45, 7) is 6.69. The van der Waals surface area contributed by atoms with Crippen LogP contribution in [0.3, 0.4) is 0 Å². The average molecular weight is 450 g/mol. The molecular weight excluding hydrogens is 422 g/mol. The Balaban J connectivity index is 1.78. The fraction of sp³-hybridized carbons (Fsp3) is 0.292. The average Bonchev–Trinajstić information content (AvgIpc) is 3.28. The molecule has 0 saturated heterocycles. The zero-order valence-electron chi connectivity index (χ0n) is 19.1. The summed E-state index contributed by atoms with van der Waals surface area (Å²) in [6, 6.07) is 12.4. The van der Waals surface area contributed by atoms with Crippen LogP contribution in [0.15, 0.2) is 60.1 Å². The summed E-state index contributed by atoms with van der Waals surface area (Å²) in [5.74, 6) is 2.11. The van der Waals surface area contributed by atoms with Crippen LogP contribution in [0.25, 0.3) is 0 Å². The van der Waals surface area contributed by atoms with Crippen molar-refractivity contribution in [2.24, 2.45) is 0 Å². The lowest BCUT2D eigenvalue weighted by atomic mass is 9.94. The lowest BCUT2D eigenvalue weighted by molar-refractivity contribution is -0.113. The number of carbonyl (C=O) groups excluding carboxylic acids is 1. The van der Waals surface area contributed by atoms with Gasteiger partial charge in [0.05, 0.1) is 31.6 Å². The summed E-state index contributed by atoms with van der Waals surface area (Å²) in [7, 11) is 1.57. The highest BCUT2D eigenvalue weighted by atomic mass is 16.5. The molecule has 2 aromatic carbocycles. The topological polar surface area (TPSA) is 99.5 Å². The molecule has 172 valence electrons. The van der Waals surface area contributed by atoms with Crippen molar-refractivity contribution in [1.82, 2.24) is 14.8 Å². The molecule has 0 bridgehead atoms. The van der Waals surface area contributed by atoms with Gasteiger partial charge in [-0.3, -0.25) is 4.79 Å². The Bertz CT molecular complexity index is 1190. The van der Waals surface area contributed by atoms with Crippen molar-refractivity contribution in [2.45, 2.75) is 26.8 Å². The van der Waals surface area contributed by atoms with E-state index in [0.29, 0.717) is 53.4 Å². The van der Waals surface area contributed by atoms with E-state index in [1.165, 1.54) is 6.33 Å². The number of rotatable bonds is 8. The van der Waals surface area contributed by atoms with Gasteiger partial charge in [0.15, 0.2) is 11.5 Å². The molecule has 9 nitrogen and oxygen atoms in total. The highest BCUT2D eigenvalue weighted by Crippen LogP contribution is 2.39. The second kappa shape index (κ2) is 9.64. The summed E-state index contributed by atoms with van der Waals surface area (Å²) >= 11 is 0. The predicted molar refractivity (Wildman–Crippen MR) is 125 cm³/mol. The first-order valence-corrected chi connectivity index (χ1v) is 10.8. The quantitative estimate of drug-likeness (QED) is 0.536. The molecule has 1 atom stereocenters. The molecule has 0 fully saturated rings. The molecule has 1 unspecified atom stereocenters. The number of benzene rings is 2. The van der Waals surface area contributed by atoms with E-state index < -0.39 is 6.04 Å². The van der Waals surface area contributed by atoms with Crippen LogP contribution in [-0.4, -0.2) is 41.0 Å². The summed E-state index contributed by atoms with van der Waals surface area (Å²) in [5.41, 5.74) is 2.58. The zero-order chi connectivity index (χ0) is 23.4. The maximum Gasteiger partial charge on any atom is 0.255 e. The Kier molecular flexibility index (Phi) is 6.48. The smallest absolute Gasteiger partial charge is 0.255 e. The van der Waals surface area contributed by atoms with Crippen LogP contribution in [0, 0.1) is 0 Å². The van der Waals surface area contributed by atoms with Gasteiger partial charge in [-0.2, -0.15) is 10.1 Å². The maximum atomic E-state index is 13.6. The van der Waals surface area contributed by atoms with Gasteiger partial charge in [0.2, 0.25) is 5.95 Å². The van der Waals surface area contributed by atoms with E-state index in [4.69, 9.17) is 14.2 Å². The number of para-hydroxylation sites is 2. The number of hydrogen-bond donors (Lipinski definition) is 2. The van der Waals surface area contributed by atoms with E-state index in [2.05, 4.69) is 20.7 Å². The minimum Gasteiger partial charge on any atom is -0.495 e. The van der Waals surface area contributed by atoms with E-state index in [0.717, 1.165) is 5.56 Å². The van der Waals surface area contributed by atoms with Gasteiger partial charge in [-0.1, -0.05) is 18.2 Å². The Hall–Kier alpha value is -4.01. The highest BCUT2D eigenvalue weighted by molar-refractivity contribution is 6.06. The van der Waals surface area contributed by atoms with Crippen LogP contribution in [0.5, 0.6) is 17.2 Å². The van der Waals surface area contributed by atoms with Crippen molar-refractivity contribution in [3.8, 4) is 17.2 Å². The first-order valence-electron chi connectivity index (χ1n) is 10.8. The molecule has 3 aromatic rings. The number of carbonyl (C=O) groups is 1. The SMILES string of the molecule is CCOc1ccc(C2C(C(=O)Nc3ccccc3OC)=C(C)Nc3ncnn32)cc1OCC. The number of methoxy groups -OCH3 is 1. The van der Waals surface area contributed by atoms with E-state index >= 15 is 0 Å². The first-order chi connectivity index (χ1) is 16.1. The van der Waals surface area contributed by atoms with Gasteiger partial charge in [0, 0.05) is 5.70 Å². The van der Waals surface area contributed by atoms with Crippen LogP contribution in [0.4, 0.5) is 11.6 Å². The monoisotopic (exact) mass is 449 g/mol. The number of hydrogen-bond acceptors (Lipinski definition) is 7. The molecule has 0 radical (unpaired) electrons. The molecule has 1 aromatic heterocycles. The van der Waals surface area contributed by atoms with Crippen molar-refractivity contribution in [3.05, 3.63) is 65.6 Å². The number of aromatic nitrogens is 3. The molecule has 2 N–H and O–H groups in total. The second-order valence-corrected chi connectivity index (χ2v) is 7.32. The molecule has 0 saturated carbocycles. The fourth-order valence-corrected chi connectivity index (χ4v) is 3.87. The maximum absolute atomic E-state index is 13.6. The first kappa shape index (κ1) is 22.2. The van der Waals surface area contributed by atoms with Crippen molar-refractivity contribution < 1.29 is 19.0 Å². The third kappa shape index (κ3) is 4.34. The number of ether oxygens (including phenoxy) is 3. The summed E-state index contributed by atoms with van der Waals surface area (Å²) in [5, 5.41) is 10.5. The van der Waals surface area contributed by atoms with Crippen LogP contribution < -0.4 is 24.8 Å². The van der Waals surface area contributed by atoms with Crippen molar-refractivity contribution in [2.75, 3.05) is 31.0 Å². The molecule has 33 heavy (non-hydrogen) atoms. The molecule has 9 heteroatoms. The predicted octanol–water partition coefficient (Wildman–Crippen LogP) is 4.01. The van der Waals surface area contributed by atoms with Gasteiger partial charge in [-0.05, 0) is 50.6 Å². The third-order valence-electron chi connectivity index (χ3n) is 5.28. The number of nitrogens with one attached hydrogen (secondary N) is 2. The zero-order valence-corrected chi connectivity index (χ0v) is 19.1. The Morgan fingerprint density at radius 2 is 1.85 bits per heavy atom. The van der Waals surface area contributed by atoms with Crippen LogP contribution in [-0.2, 0) is 4.79 Å². The lowest BCUT2D eigenvalue weighted by Gasteiger charge is -2.29. The normalized spacial score (nSPS) is 14.8. The highest BCUT2D eigenvalue weighted by Gasteiger charge is 2.34. The second-order valence-electron chi connectivity index (χ2n) is 7.32. The number of amides is 1. The minimum atomic E-state index is -0.520. The molecule has 1 aliphatic heterocycles. The summed E-state index contributed by atoms with van der Waals surface area (Å²) < 4.78 is 18.6. The Morgan fingerprint density at radius 3 is 2.61 bits per heavy atom. The van der Waals surface area contributed by atoms with Crippen LogP contribution in [0.2, 0.25) is 0 Å². The van der Waals surface area contributed by atoms with Gasteiger partial charge < -0.3 is 24.8 Å². The number of nitrogens with zero attached hydrogens (tertiary/aromatic N) is 3. The Morgan fingerprint density at radius 1 is 1.09 bits per heavy atom. The minimum absolute atomic E-state index is 0.275. The van der Waals surface area contributed by atoms with Gasteiger partial charge in [-0.25, -0.2) is 4.68 Å². The summed E-state index contributed by atoms with van der Waals surface area (Å²) in [6.07, 6.45) is 1.46. The number of allylic oxidation sites excluding steroid dienone is 1.